The zero-order chi connectivity index (χ0) is 31.2. The molecule has 1 saturated heterocycles. The molecule has 3 amide bonds. The average molecular weight is 602 g/mol. The van der Waals surface area contributed by atoms with Crippen LogP contribution in [-0.4, -0.2) is 68.6 Å². The summed E-state index contributed by atoms with van der Waals surface area (Å²) in [5.74, 6) is -0.140. The number of likely N-dealkylation sites (tertiary alicyclic amines) is 1. The smallest absolute Gasteiger partial charge is 0.254 e. The topological polar surface area (TPSA) is 169 Å². The highest BCUT2D eigenvalue weighted by atomic mass is 16.5. The number of ether oxygens (including phenoxy) is 1. The van der Waals surface area contributed by atoms with Gasteiger partial charge >= 0.3 is 0 Å². The first-order valence-corrected chi connectivity index (χ1v) is 14.9. The summed E-state index contributed by atoms with van der Waals surface area (Å²) in [5, 5.41) is 13.9. The van der Waals surface area contributed by atoms with Crippen molar-refractivity contribution in [3.05, 3.63) is 60.1 Å². The maximum absolute atomic E-state index is 13.0. The predicted molar refractivity (Wildman–Crippen MR) is 166 cm³/mol. The number of methoxy groups -OCH3 is 1. The van der Waals surface area contributed by atoms with Gasteiger partial charge in [0.25, 0.3) is 11.8 Å². The molecule has 44 heavy (non-hydrogen) atoms. The van der Waals surface area contributed by atoms with Crippen molar-refractivity contribution < 1.29 is 19.1 Å². The first-order valence-electron chi connectivity index (χ1n) is 14.9. The summed E-state index contributed by atoms with van der Waals surface area (Å²) < 4.78 is 7.46. The molecule has 232 valence electrons. The molecular weight excluding hydrogens is 562 g/mol. The molecule has 13 heteroatoms. The molecule has 2 fully saturated rings. The van der Waals surface area contributed by atoms with Crippen molar-refractivity contribution in [2.45, 2.75) is 64.0 Å². The van der Waals surface area contributed by atoms with E-state index in [1.807, 2.05) is 17.8 Å². The number of aromatic nitrogens is 4. The lowest BCUT2D eigenvalue weighted by molar-refractivity contribution is -0.127. The van der Waals surface area contributed by atoms with Gasteiger partial charge in [-0.3, -0.25) is 19.1 Å². The van der Waals surface area contributed by atoms with Gasteiger partial charge < -0.3 is 31.3 Å². The molecule has 2 aromatic heterocycles. The van der Waals surface area contributed by atoms with Crippen LogP contribution in [0, 0.1) is 6.92 Å². The SMILES string of the molecule is C=CC(=O)N1CCC[C@H](n2cc(Nc3ncc(C(N)=O)c(Nc4c(C)cc(C(=O)NC5CCCCC5)cc4OC)n3)cn2)C1. The second kappa shape index (κ2) is 13.6. The van der Waals surface area contributed by atoms with E-state index in [4.69, 9.17) is 10.5 Å². The number of hydrogen-bond acceptors (Lipinski definition) is 9. The lowest BCUT2D eigenvalue weighted by Crippen LogP contribution is -2.39. The lowest BCUT2D eigenvalue weighted by Gasteiger charge is -2.32. The number of anilines is 4. The number of hydrogen-bond donors (Lipinski definition) is 4. The number of aryl methyl sites for hydroxylation is 1. The molecule has 1 aromatic carbocycles. The van der Waals surface area contributed by atoms with Crippen LogP contribution in [0.3, 0.4) is 0 Å². The van der Waals surface area contributed by atoms with E-state index in [9.17, 15) is 14.4 Å². The highest BCUT2D eigenvalue weighted by Gasteiger charge is 2.25. The van der Waals surface area contributed by atoms with Crippen molar-refractivity contribution >= 4 is 40.9 Å². The lowest BCUT2D eigenvalue weighted by atomic mass is 9.95. The molecule has 0 unspecified atom stereocenters. The van der Waals surface area contributed by atoms with Crippen LogP contribution in [0.25, 0.3) is 0 Å². The minimum absolute atomic E-state index is 0.0294. The number of rotatable bonds is 10. The highest BCUT2D eigenvalue weighted by molar-refractivity contribution is 5.99. The van der Waals surface area contributed by atoms with Gasteiger partial charge in [0, 0.05) is 37.1 Å². The van der Waals surface area contributed by atoms with Crippen molar-refractivity contribution in [3.8, 4) is 5.75 Å². The Labute approximate surface area is 256 Å². The van der Waals surface area contributed by atoms with Gasteiger partial charge in [-0.2, -0.15) is 10.1 Å². The van der Waals surface area contributed by atoms with E-state index >= 15 is 0 Å². The number of nitrogens with zero attached hydrogens (tertiary/aromatic N) is 5. The molecule has 13 nitrogen and oxygen atoms in total. The zero-order valence-electron chi connectivity index (χ0n) is 25.1. The average Bonchev–Trinajstić information content (AvgIpc) is 3.50. The molecule has 3 heterocycles. The van der Waals surface area contributed by atoms with Gasteiger partial charge in [-0.1, -0.05) is 25.8 Å². The van der Waals surface area contributed by atoms with Gasteiger partial charge in [0.1, 0.15) is 17.1 Å². The molecule has 0 spiro atoms. The van der Waals surface area contributed by atoms with Crippen molar-refractivity contribution in [2.75, 3.05) is 30.8 Å². The second-order valence-corrected chi connectivity index (χ2v) is 11.2. The molecule has 5 N–H and O–H groups in total. The summed E-state index contributed by atoms with van der Waals surface area (Å²) in [6.07, 6.45) is 13.3. The molecule has 1 atom stereocenters. The highest BCUT2D eigenvalue weighted by Crippen LogP contribution is 2.34. The Morgan fingerprint density at radius 3 is 2.61 bits per heavy atom. The van der Waals surface area contributed by atoms with Crippen molar-refractivity contribution in [1.29, 1.82) is 0 Å². The molecule has 3 aromatic rings. The van der Waals surface area contributed by atoms with Crippen molar-refractivity contribution in [2.24, 2.45) is 5.73 Å². The fourth-order valence-electron chi connectivity index (χ4n) is 5.79. The Hall–Kier alpha value is -4.94. The number of piperidine rings is 1. The minimum Gasteiger partial charge on any atom is -0.495 e. The third kappa shape index (κ3) is 6.99. The second-order valence-electron chi connectivity index (χ2n) is 11.2. The summed E-state index contributed by atoms with van der Waals surface area (Å²) in [6, 6.07) is 3.65. The molecule has 5 rings (SSSR count). The van der Waals surface area contributed by atoms with Gasteiger partial charge in [-0.05, 0) is 56.4 Å². The Kier molecular flexibility index (Phi) is 9.41. The quantitative estimate of drug-likeness (QED) is 0.251. The van der Waals surface area contributed by atoms with E-state index in [2.05, 4.69) is 37.6 Å². The summed E-state index contributed by atoms with van der Waals surface area (Å²) >= 11 is 0. The van der Waals surface area contributed by atoms with E-state index in [0.29, 0.717) is 35.8 Å². The maximum atomic E-state index is 13.0. The molecule has 2 aliphatic rings. The Morgan fingerprint density at radius 2 is 1.89 bits per heavy atom. The molecular formula is C31H39N9O4. The standard InChI is InChI=1S/C31H39N9O4/c1-4-26(41)39-12-8-11-23(18-39)40-17-22(15-34-40)36-31-33-16-24(28(32)42)29(38-31)37-27-19(2)13-20(14-25(27)44-3)30(43)35-21-9-6-5-7-10-21/h4,13-17,21,23H,1,5-12,18H2,2-3H3,(H2,32,42)(H,35,43)(H2,33,36,37,38)/t23-/m0/s1. The number of carbonyl (C=O) groups is 3. The monoisotopic (exact) mass is 601 g/mol. The van der Waals surface area contributed by atoms with E-state index in [0.717, 1.165) is 44.1 Å². The van der Waals surface area contributed by atoms with Crippen LogP contribution in [0.1, 0.15) is 77.3 Å². The first-order chi connectivity index (χ1) is 21.2. The van der Waals surface area contributed by atoms with Crippen molar-refractivity contribution in [3.63, 3.8) is 0 Å². The van der Waals surface area contributed by atoms with E-state index < -0.39 is 5.91 Å². The zero-order valence-corrected chi connectivity index (χ0v) is 25.1. The molecule has 0 radical (unpaired) electrons. The van der Waals surface area contributed by atoms with Crippen LogP contribution in [-0.2, 0) is 4.79 Å². The Balaban J connectivity index is 1.34. The molecule has 0 bridgehead atoms. The summed E-state index contributed by atoms with van der Waals surface area (Å²) in [6.45, 7) is 6.67. The van der Waals surface area contributed by atoms with Crippen molar-refractivity contribution in [1.82, 2.24) is 30.0 Å². The summed E-state index contributed by atoms with van der Waals surface area (Å²) in [5.41, 5.74) is 8.12. The van der Waals surface area contributed by atoms with Crippen LogP contribution in [0.15, 0.2) is 43.4 Å². The van der Waals surface area contributed by atoms with Gasteiger partial charge in [0.05, 0.1) is 30.7 Å². The number of benzene rings is 1. The molecule has 1 saturated carbocycles. The third-order valence-corrected chi connectivity index (χ3v) is 8.13. The summed E-state index contributed by atoms with van der Waals surface area (Å²) in [7, 11) is 1.52. The number of primary amides is 1. The third-order valence-electron chi connectivity index (χ3n) is 8.13. The normalized spacial score (nSPS) is 17.0. The van der Waals surface area contributed by atoms with Gasteiger partial charge in [-0.25, -0.2) is 4.98 Å². The predicted octanol–water partition coefficient (Wildman–Crippen LogP) is 3.99. The summed E-state index contributed by atoms with van der Waals surface area (Å²) in [4.78, 5) is 48.0. The molecule has 1 aliphatic heterocycles. The van der Waals surface area contributed by atoms with Gasteiger partial charge in [0.2, 0.25) is 11.9 Å². The van der Waals surface area contributed by atoms with Gasteiger partial charge in [-0.15, -0.1) is 0 Å². The fraction of sp³-hybridized carbons (Fsp3) is 0.419. The number of carbonyl (C=O) groups excluding carboxylic acids is 3. The van der Waals surface area contributed by atoms with Crippen LogP contribution in [0.5, 0.6) is 5.75 Å². The first kappa shape index (κ1) is 30.5. The Bertz CT molecular complexity index is 1550. The number of nitrogens with one attached hydrogen (secondary N) is 3. The fourth-order valence-corrected chi connectivity index (χ4v) is 5.79. The maximum Gasteiger partial charge on any atom is 0.254 e. The minimum atomic E-state index is -0.706. The van der Waals surface area contributed by atoms with Gasteiger partial charge in [0.15, 0.2) is 0 Å². The number of nitrogens with two attached hydrogens (primary N) is 1. The molecule has 1 aliphatic carbocycles. The van der Waals surface area contributed by atoms with E-state index in [1.165, 1.54) is 25.8 Å². The largest absolute Gasteiger partial charge is 0.495 e. The van der Waals surface area contributed by atoms with Crippen LogP contribution >= 0.6 is 0 Å². The Morgan fingerprint density at radius 1 is 1.09 bits per heavy atom. The van der Waals surface area contributed by atoms with E-state index in [1.54, 1.807) is 23.2 Å². The van der Waals surface area contributed by atoms with Crippen LogP contribution in [0.4, 0.5) is 23.1 Å². The van der Waals surface area contributed by atoms with Crippen LogP contribution < -0.4 is 26.4 Å². The van der Waals surface area contributed by atoms with E-state index in [-0.39, 0.29) is 41.2 Å². The number of amides is 3. The van der Waals surface area contributed by atoms with Crippen LogP contribution in [0.2, 0.25) is 0 Å².